The summed E-state index contributed by atoms with van der Waals surface area (Å²) in [5.74, 6) is 0.547. The molecular formula is C10H15N3. The minimum atomic E-state index is 0.547. The van der Waals surface area contributed by atoms with Crippen LogP contribution >= 0.6 is 0 Å². The van der Waals surface area contributed by atoms with E-state index in [1.54, 1.807) is 6.20 Å². The molecule has 0 radical (unpaired) electrons. The second-order valence-electron chi connectivity index (χ2n) is 3.25. The molecule has 0 unspecified atom stereocenters. The van der Waals surface area contributed by atoms with Crippen LogP contribution in [0.2, 0.25) is 0 Å². The maximum Gasteiger partial charge on any atom is 0.125 e. The Labute approximate surface area is 78.9 Å². The fraction of sp³-hybridized carbons (Fsp3) is 0.300. The SMILES string of the molecule is C=C(C)CN(C)c1ccnc(N)c1. The van der Waals surface area contributed by atoms with Crippen LogP contribution < -0.4 is 10.6 Å². The van der Waals surface area contributed by atoms with Crippen LogP contribution in [0.1, 0.15) is 6.92 Å². The van der Waals surface area contributed by atoms with Gasteiger partial charge in [-0.05, 0) is 13.0 Å². The second-order valence-corrected chi connectivity index (χ2v) is 3.25. The first-order valence-corrected chi connectivity index (χ1v) is 4.16. The lowest BCUT2D eigenvalue weighted by molar-refractivity contribution is 0.983. The zero-order chi connectivity index (χ0) is 9.84. The predicted octanol–water partition coefficient (Wildman–Crippen LogP) is 1.68. The van der Waals surface area contributed by atoms with Gasteiger partial charge in [0.25, 0.3) is 0 Å². The number of hydrogen-bond acceptors (Lipinski definition) is 3. The summed E-state index contributed by atoms with van der Waals surface area (Å²) < 4.78 is 0. The van der Waals surface area contributed by atoms with Crippen molar-refractivity contribution in [2.24, 2.45) is 0 Å². The van der Waals surface area contributed by atoms with Crippen molar-refractivity contribution in [3.8, 4) is 0 Å². The van der Waals surface area contributed by atoms with E-state index in [9.17, 15) is 0 Å². The number of nitrogen functional groups attached to an aromatic ring is 1. The maximum atomic E-state index is 5.57. The van der Waals surface area contributed by atoms with Crippen molar-refractivity contribution in [2.75, 3.05) is 24.2 Å². The van der Waals surface area contributed by atoms with Gasteiger partial charge >= 0.3 is 0 Å². The first kappa shape index (κ1) is 9.58. The summed E-state index contributed by atoms with van der Waals surface area (Å²) in [5.41, 5.74) is 7.76. The van der Waals surface area contributed by atoms with Gasteiger partial charge in [-0.2, -0.15) is 0 Å². The number of pyridine rings is 1. The summed E-state index contributed by atoms with van der Waals surface area (Å²) in [4.78, 5) is 6.01. The van der Waals surface area contributed by atoms with Gasteiger partial charge in [0.1, 0.15) is 5.82 Å². The van der Waals surface area contributed by atoms with E-state index >= 15 is 0 Å². The number of nitrogens with zero attached hydrogens (tertiary/aromatic N) is 2. The van der Waals surface area contributed by atoms with Crippen LogP contribution in [-0.2, 0) is 0 Å². The normalized spacial score (nSPS) is 9.69. The highest BCUT2D eigenvalue weighted by molar-refractivity contribution is 5.52. The Morgan fingerprint density at radius 3 is 2.92 bits per heavy atom. The molecule has 2 N–H and O–H groups in total. The Hall–Kier alpha value is -1.51. The topological polar surface area (TPSA) is 42.2 Å². The molecule has 0 amide bonds. The maximum absolute atomic E-state index is 5.57. The molecule has 70 valence electrons. The lowest BCUT2D eigenvalue weighted by atomic mass is 10.3. The molecule has 1 heterocycles. The summed E-state index contributed by atoms with van der Waals surface area (Å²) in [6.07, 6.45) is 1.71. The summed E-state index contributed by atoms with van der Waals surface area (Å²) >= 11 is 0. The van der Waals surface area contributed by atoms with Gasteiger partial charge in [-0.3, -0.25) is 0 Å². The first-order valence-electron chi connectivity index (χ1n) is 4.16. The third-order valence-corrected chi connectivity index (χ3v) is 1.71. The average Bonchev–Trinajstić information content (AvgIpc) is 2.03. The predicted molar refractivity (Wildman–Crippen MR) is 56.7 cm³/mol. The summed E-state index contributed by atoms with van der Waals surface area (Å²) in [5, 5.41) is 0. The molecule has 13 heavy (non-hydrogen) atoms. The van der Waals surface area contributed by atoms with Crippen LogP contribution in [-0.4, -0.2) is 18.6 Å². The van der Waals surface area contributed by atoms with Crippen molar-refractivity contribution in [3.63, 3.8) is 0 Å². The number of hydrogen-bond donors (Lipinski definition) is 1. The summed E-state index contributed by atoms with van der Waals surface area (Å²) in [7, 11) is 2.00. The number of aromatic nitrogens is 1. The van der Waals surface area contributed by atoms with E-state index < -0.39 is 0 Å². The zero-order valence-electron chi connectivity index (χ0n) is 8.12. The van der Waals surface area contributed by atoms with Gasteiger partial charge in [0, 0.05) is 31.5 Å². The molecule has 0 saturated carbocycles. The van der Waals surface area contributed by atoms with Gasteiger partial charge in [-0.25, -0.2) is 4.98 Å². The molecule has 1 rings (SSSR count). The summed E-state index contributed by atoms with van der Waals surface area (Å²) in [6, 6.07) is 3.78. The van der Waals surface area contributed by atoms with E-state index in [1.807, 2.05) is 26.1 Å². The highest BCUT2D eigenvalue weighted by atomic mass is 15.1. The second kappa shape index (κ2) is 3.94. The lowest BCUT2D eigenvalue weighted by Gasteiger charge is -2.19. The van der Waals surface area contributed by atoms with Gasteiger partial charge in [0.15, 0.2) is 0 Å². The molecule has 0 aliphatic rings. The van der Waals surface area contributed by atoms with E-state index in [0.717, 1.165) is 17.8 Å². The molecule has 0 bridgehead atoms. The van der Waals surface area contributed by atoms with Crippen molar-refractivity contribution in [2.45, 2.75) is 6.92 Å². The molecule has 0 aliphatic carbocycles. The molecule has 0 spiro atoms. The van der Waals surface area contributed by atoms with Crippen molar-refractivity contribution >= 4 is 11.5 Å². The number of rotatable bonds is 3. The molecule has 0 atom stereocenters. The Kier molecular flexibility index (Phi) is 2.90. The van der Waals surface area contributed by atoms with E-state index in [4.69, 9.17) is 5.73 Å². The fourth-order valence-electron chi connectivity index (χ4n) is 1.17. The van der Waals surface area contributed by atoms with Gasteiger partial charge in [0.05, 0.1) is 0 Å². The molecule has 0 saturated heterocycles. The minimum absolute atomic E-state index is 0.547. The van der Waals surface area contributed by atoms with E-state index in [2.05, 4.69) is 16.5 Å². The Bertz CT molecular complexity index is 307. The molecule has 0 fully saturated rings. The van der Waals surface area contributed by atoms with Crippen LogP contribution in [0.3, 0.4) is 0 Å². The third kappa shape index (κ3) is 2.78. The molecule has 0 aromatic carbocycles. The highest BCUT2D eigenvalue weighted by Crippen LogP contribution is 2.14. The van der Waals surface area contributed by atoms with E-state index in [1.165, 1.54) is 0 Å². The molecule has 1 aromatic rings. The minimum Gasteiger partial charge on any atom is -0.384 e. The monoisotopic (exact) mass is 177 g/mol. The molecule has 3 nitrogen and oxygen atoms in total. The van der Waals surface area contributed by atoms with Crippen molar-refractivity contribution in [3.05, 3.63) is 30.5 Å². The van der Waals surface area contributed by atoms with E-state index in [0.29, 0.717) is 5.82 Å². The van der Waals surface area contributed by atoms with Crippen LogP contribution in [0, 0.1) is 0 Å². The van der Waals surface area contributed by atoms with Crippen molar-refractivity contribution in [1.82, 2.24) is 4.98 Å². The Morgan fingerprint density at radius 1 is 1.69 bits per heavy atom. The Morgan fingerprint density at radius 2 is 2.38 bits per heavy atom. The van der Waals surface area contributed by atoms with Crippen LogP contribution in [0.5, 0.6) is 0 Å². The molecule has 0 aliphatic heterocycles. The quantitative estimate of drug-likeness (QED) is 0.714. The van der Waals surface area contributed by atoms with E-state index in [-0.39, 0.29) is 0 Å². The van der Waals surface area contributed by atoms with Gasteiger partial charge in [-0.15, -0.1) is 0 Å². The van der Waals surface area contributed by atoms with Crippen molar-refractivity contribution < 1.29 is 0 Å². The third-order valence-electron chi connectivity index (χ3n) is 1.71. The fourth-order valence-corrected chi connectivity index (χ4v) is 1.17. The molecular weight excluding hydrogens is 162 g/mol. The van der Waals surface area contributed by atoms with Gasteiger partial charge in [-0.1, -0.05) is 12.2 Å². The summed E-state index contributed by atoms with van der Waals surface area (Å²) in [6.45, 7) is 6.69. The number of nitrogens with two attached hydrogens (primary N) is 1. The average molecular weight is 177 g/mol. The van der Waals surface area contributed by atoms with Crippen LogP contribution in [0.15, 0.2) is 30.5 Å². The molecule has 1 aromatic heterocycles. The smallest absolute Gasteiger partial charge is 0.125 e. The first-order chi connectivity index (χ1) is 6.09. The Balaban J connectivity index is 2.76. The van der Waals surface area contributed by atoms with Gasteiger partial charge < -0.3 is 10.6 Å². The van der Waals surface area contributed by atoms with Gasteiger partial charge in [0.2, 0.25) is 0 Å². The van der Waals surface area contributed by atoms with Crippen LogP contribution in [0.4, 0.5) is 11.5 Å². The lowest BCUT2D eigenvalue weighted by Crippen LogP contribution is -2.19. The number of anilines is 2. The largest absolute Gasteiger partial charge is 0.384 e. The number of likely N-dealkylation sites (N-methyl/N-ethyl adjacent to an activating group) is 1. The molecule has 3 heteroatoms. The zero-order valence-corrected chi connectivity index (χ0v) is 8.12. The van der Waals surface area contributed by atoms with Crippen molar-refractivity contribution in [1.29, 1.82) is 0 Å². The standard InChI is InChI=1S/C10H15N3/c1-8(2)7-13(3)9-4-5-12-10(11)6-9/h4-6H,1,7H2,2-3H3,(H2,11,12). The highest BCUT2D eigenvalue weighted by Gasteiger charge is 2.00. The van der Waals surface area contributed by atoms with Crippen LogP contribution in [0.25, 0.3) is 0 Å².